The molecular formula is C16H20N2O4. The zero-order valence-corrected chi connectivity index (χ0v) is 12.5. The molecule has 0 saturated carbocycles. The Labute approximate surface area is 129 Å². The van der Waals surface area contributed by atoms with Crippen molar-refractivity contribution in [2.75, 3.05) is 6.61 Å². The molecule has 0 heterocycles. The van der Waals surface area contributed by atoms with Crippen molar-refractivity contribution in [1.82, 2.24) is 5.32 Å². The van der Waals surface area contributed by atoms with Crippen LogP contribution in [-0.2, 0) is 25.5 Å². The molecule has 0 radical (unpaired) electrons. The van der Waals surface area contributed by atoms with Gasteiger partial charge < -0.3 is 15.8 Å². The van der Waals surface area contributed by atoms with Gasteiger partial charge in [0.2, 0.25) is 11.8 Å². The van der Waals surface area contributed by atoms with Crippen molar-refractivity contribution in [3.05, 3.63) is 48.0 Å². The molecule has 6 heteroatoms. The number of rotatable bonds is 8. The number of amides is 2. The topological polar surface area (TPSA) is 98.5 Å². The minimum Gasteiger partial charge on any atom is -0.463 e. The predicted molar refractivity (Wildman–Crippen MR) is 81.7 cm³/mol. The second-order valence-corrected chi connectivity index (χ2v) is 4.57. The number of esters is 1. The lowest BCUT2D eigenvalue weighted by Crippen LogP contribution is -2.44. The van der Waals surface area contributed by atoms with E-state index in [4.69, 9.17) is 10.5 Å². The highest BCUT2D eigenvalue weighted by atomic mass is 16.5. The molecule has 0 aliphatic carbocycles. The van der Waals surface area contributed by atoms with E-state index >= 15 is 0 Å². The quantitative estimate of drug-likeness (QED) is 0.546. The van der Waals surface area contributed by atoms with Crippen LogP contribution in [0.4, 0.5) is 0 Å². The van der Waals surface area contributed by atoms with Crippen LogP contribution in [0, 0.1) is 0 Å². The van der Waals surface area contributed by atoms with Crippen LogP contribution in [0.3, 0.4) is 0 Å². The number of carbonyl (C=O) groups is 3. The first kappa shape index (κ1) is 17.4. The maximum absolute atomic E-state index is 11.9. The van der Waals surface area contributed by atoms with E-state index in [1.165, 1.54) is 12.2 Å². The highest BCUT2D eigenvalue weighted by molar-refractivity contribution is 5.88. The van der Waals surface area contributed by atoms with Crippen LogP contribution in [0.15, 0.2) is 42.5 Å². The van der Waals surface area contributed by atoms with E-state index in [1.54, 1.807) is 6.92 Å². The molecule has 1 atom stereocenters. The monoisotopic (exact) mass is 304 g/mol. The molecule has 2 amide bonds. The molecule has 1 aromatic rings. The normalized spacial score (nSPS) is 11.9. The molecule has 0 fully saturated rings. The van der Waals surface area contributed by atoms with E-state index in [0.29, 0.717) is 0 Å². The molecule has 0 saturated heterocycles. The Hall–Kier alpha value is -2.63. The second-order valence-electron chi connectivity index (χ2n) is 4.57. The second kappa shape index (κ2) is 9.33. The largest absolute Gasteiger partial charge is 0.463 e. The third kappa shape index (κ3) is 6.69. The summed E-state index contributed by atoms with van der Waals surface area (Å²) in [7, 11) is 0. The molecule has 0 bridgehead atoms. The molecule has 1 rings (SSSR count). The Kier molecular flexibility index (Phi) is 7.39. The van der Waals surface area contributed by atoms with Gasteiger partial charge in [-0.1, -0.05) is 36.4 Å². The average Bonchev–Trinajstić information content (AvgIpc) is 2.47. The van der Waals surface area contributed by atoms with Gasteiger partial charge >= 0.3 is 5.97 Å². The number of ether oxygens (including phenoxy) is 1. The van der Waals surface area contributed by atoms with Gasteiger partial charge in [0, 0.05) is 6.08 Å². The van der Waals surface area contributed by atoms with Crippen molar-refractivity contribution in [3.8, 4) is 0 Å². The van der Waals surface area contributed by atoms with Gasteiger partial charge in [-0.3, -0.25) is 9.59 Å². The SMILES string of the molecule is CCOC(=O)/C=C/C[C@H](NC(=O)Cc1ccccc1)C(N)=O. The average molecular weight is 304 g/mol. The summed E-state index contributed by atoms with van der Waals surface area (Å²) in [5.41, 5.74) is 6.09. The summed E-state index contributed by atoms with van der Waals surface area (Å²) in [6.07, 6.45) is 2.96. The Morgan fingerprint density at radius 3 is 2.55 bits per heavy atom. The molecule has 0 unspecified atom stereocenters. The maximum Gasteiger partial charge on any atom is 0.330 e. The highest BCUT2D eigenvalue weighted by Crippen LogP contribution is 2.01. The van der Waals surface area contributed by atoms with Gasteiger partial charge in [-0.25, -0.2) is 4.79 Å². The van der Waals surface area contributed by atoms with Crippen molar-refractivity contribution >= 4 is 17.8 Å². The zero-order valence-electron chi connectivity index (χ0n) is 12.5. The van der Waals surface area contributed by atoms with E-state index in [0.717, 1.165) is 5.56 Å². The summed E-state index contributed by atoms with van der Waals surface area (Å²) in [6, 6.07) is 8.29. The summed E-state index contributed by atoms with van der Waals surface area (Å²) in [6.45, 7) is 1.97. The summed E-state index contributed by atoms with van der Waals surface area (Å²) in [5.74, 6) is -1.46. The summed E-state index contributed by atoms with van der Waals surface area (Å²) < 4.78 is 4.71. The molecule has 22 heavy (non-hydrogen) atoms. The molecule has 6 nitrogen and oxygen atoms in total. The van der Waals surface area contributed by atoms with Crippen molar-refractivity contribution < 1.29 is 19.1 Å². The number of primary amides is 1. The first-order valence-electron chi connectivity index (χ1n) is 6.98. The lowest BCUT2D eigenvalue weighted by atomic mass is 10.1. The number of nitrogens with one attached hydrogen (secondary N) is 1. The van der Waals surface area contributed by atoms with Gasteiger partial charge in [0.15, 0.2) is 0 Å². The summed E-state index contributed by atoms with van der Waals surface area (Å²) in [5, 5.41) is 2.55. The van der Waals surface area contributed by atoms with Crippen molar-refractivity contribution in [1.29, 1.82) is 0 Å². The van der Waals surface area contributed by atoms with Crippen LogP contribution in [0.2, 0.25) is 0 Å². The molecule has 118 valence electrons. The van der Waals surface area contributed by atoms with Crippen molar-refractivity contribution in [2.24, 2.45) is 5.73 Å². The number of benzene rings is 1. The summed E-state index contributed by atoms with van der Waals surface area (Å²) >= 11 is 0. The van der Waals surface area contributed by atoms with Gasteiger partial charge in [-0.15, -0.1) is 0 Å². The zero-order chi connectivity index (χ0) is 16.4. The third-order valence-corrected chi connectivity index (χ3v) is 2.80. The van der Waals surface area contributed by atoms with Gasteiger partial charge in [-0.2, -0.15) is 0 Å². The number of carbonyl (C=O) groups excluding carboxylic acids is 3. The fraction of sp³-hybridized carbons (Fsp3) is 0.312. The number of hydrogen-bond donors (Lipinski definition) is 2. The predicted octanol–water partition coefficient (Wildman–Crippen LogP) is 0.709. The van der Waals surface area contributed by atoms with Crippen LogP contribution >= 0.6 is 0 Å². The van der Waals surface area contributed by atoms with E-state index in [1.807, 2.05) is 30.3 Å². The number of nitrogens with two attached hydrogens (primary N) is 1. The van der Waals surface area contributed by atoms with Gasteiger partial charge in [0.25, 0.3) is 0 Å². The van der Waals surface area contributed by atoms with Crippen molar-refractivity contribution in [3.63, 3.8) is 0 Å². The smallest absolute Gasteiger partial charge is 0.330 e. The van der Waals surface area contributed by atoms with Crippen LogP contribution in [0.5, 0.6) is 0 Å². The van der Waals surface area contributed by atoms with Crippen LogP contribution in [0.25, 0.3) is 0 Å². The lowest BCUT2D eigenvalue weighted by Gasteiger charge is -2.13. The molecule has 0 aliphatic rings. The fourth-order valence-electron chi connectivity index (χ4n) is 1.76. The van der Waals surface area contributed by atoms with Crippen LogP contribution < -0.4 is 11.1 Å². The lowest BCUT2D eigenvalue weighted by molar-refractivity contribution is -0.137. The standard InChI is InChI=1S/C16H20N2O4/c1-2-22-15(20)10-6-9-13(16(17)21)18-14(19)11-12-7-4-3-5-8-12/h3-8,10,13H,2,9,11H2,1H3,(H2,17,21)(H,18,19)/b10-6+/t13-/m0/s1. The molecule has 1 aromatic carbocycles. The molecule has 0 spiro atoms. The van der Waals surface area contributed by atoms with Crippen LogP contribution in [0.1, 0.15) is 18.9 Å². The Morgan fingerprint density at radius 2 is 1.95 bits per heavy atom. The highest BCUT2D eigenvalue weighted by Gasteiger charge is 2.16. The van der Waals surface area contributed by atoms with E-state index < -0.39 is 17.9 Å². The first-order valence-corrected chi connectivity index (χ1v) is 6.98. The Bertz CT molecular complexity index is 540. The first-order chi connectivity index (χ1) is 10.5. The van der Waals surface area contributed by atoms with Crippen molar-refractivity contribution in [2.45, 2.75) is 25.8 Å². The van der Waals surface area contributed by atoms with Gasteiger partial charge in [-0.05, 0) is 18.9 Å². The molecule has 3 N–H and O–H groups in total. The minimum atomic E-state index is -0.859. The Morgan fingerprint density at radius 1 is 1.27 bits per heavy atom. The fourth-order valence-corrected chi connectivity index (χ4v) is 1.76. The van der Waals surface area contributed by atoms with E-state index in [-0.39, 0.29) is 25.4 Å². The minimum absolute atomic E-state index is 0.134. The maximum atomic E-state index is 11.9. The van der Waals surface area contributed by atoms with Gasteiger partial charge in [0.1, 0.15) is 6.04 Å². The van der Waals surface area contributed by atoms with Gasteiger partial charge in [0.05, 0.1) is 13.0 Å². The molecule has 0 aromatic heterocycles. The summed E-state index contributed by atoms with van der Waals surface area (Å²) in [4.78, 5) is 34.4. The molecule has 0 aliphatic heterocycles. The Balaban J connectivity index is 2.51. The van der Waals surface area contributed by atoms with Crippen LogP contribution in [-0.4, -0.2) is 30.4 Å². The number of hydrogen-bond acceptors (Lipinski definition) is 4. The van der Waals surface area contributed by atoms with E-state index in [2.05, 4.69) is 5.32 Å². The third-order valence-electron chi connectivity index (χ3n) is 2.80. The molecular weight excluding hydrogens is 284 g/mol. The van der Waals surface area contributed by atoms with E-state index in [9.17, 15) is 14.4 Å².